The van der Waals surface area contributed by atoms with Gasteiger partial charge in [0.2, 0.25) is 0 Å². The number of ether oxygens (including phenoxy) is 5. The lowest BCUT2D eigenvalue weighted by atomic mass is 10.1. The highest BCUT2D eigenvalue weighted by Crippen LogP contribution is 2.28. The van der Waals surface area contributed by atoms with Crippen molar-refractivity contribution in [3.63, 3.8) is 0 Å². The van der Waals surface area contributed by atoms with Gasteiger partial charge in [-0.2, -0.15) is 0 Å². The zero-order chi connectivity index (χ0) is 86.6. The van der Waals surface area contributed by atoms with Gasteiger partial charge in [0.25, 0.3) is 0 Å². The van der Waals surface area contributed by atoms with Crippen LogP contribution in [0.3, 0.4) is 0 Å². The first-order valence-corrected chi connectivity index (χ1v) is 44.9. The second-order valence-corrected chi connectivity index (χ2v) is 30.7. The second-order valence-electron chi connectivity index (χ2n) is 30.7. The lowest BCUT2D eigenvalue weighted by Crippen LogP contribution is -1.97. The van der Waals surface area contributed by atoms with E-state index in [4.69, 9.17) is 38.6 Å². The molecular weight excluding hydrogens is 1530 g/mol. The fourth-order valence-corrected chi connectivity index (χ4v) is 13.4. The number of nitrogens with zero attached hydrogens (tertiary/aromatic N) is 3. The predicted octanol–water partition coefficient (Wildman–Crippen LogP) is 31.2. The van der Waals surface area contributed by atoms with Crippen LogP contribution >= 0.6 is 0 Å². The van der Waals surface area contributed by atoms with Crippen LogP contribution in [0.25, 0.3) is 108 Å². The van der Waals surface area contributed by atoms with E-state index >= 15 is 0 Å². The molecule has 0 aliphatic rings. The van der Waals surface area contributed by atoms with Crippen LogP contribution in [0.15, 0.2) is 304 Å². The summed E-state index contributed by atoms with van der Waals surface area (Å²) in [6.07, 6.45) is 25.6. The molecule has 0 atom stereocenters. The third-order valence-electron chi connectivity index (χ3n) is 20.2. The Morgan fingerprint density at radius 1 is 0.184 bits per heavy atom. The molecule has 8 heteroatoms. The largest absolute Gasteiger partial charge is 0.494 e. The first kappa shape index (κ1) is 91.7. The minimum Gasteiger partial charge on any atom is -0.494 e. The highest BCUT2D eigenvalue weighted by Gasteiger charge is 2.06. The van der Waals surface area contributed by atoms with Gasteiger partial charge in [0.05, 0.1) is 55.1 Å². The third-order valence-corrected chi connectivity index (χ3v) is 20.2. The molecule has 0 saturated carbocycles. The zero-order valence-corrected chi connectivity index (χ0v) is 73.4. The van der Waals surface area contributed by atoms with E-state index in [9.17, 15) is 0 Å². The van der Waals surface area contributed by atoms with Crippen LogP contribution in [-0.2, 0) is 0 Å². The smallest absolute Gasteiger partial charge is 0.121 e. The topological polar surface area (TPSA) is 84.8 Å². The molecule has 20 bridgehead atoms. The summed E-state index contributed by atoms with van der Waals surface area (Å²) in [5.41, 5.74) is 2.86. The molecule has 0 fully saturated rings. The number of hydrogen-bond donors (Lipinski definition) is 0. The van der Waals surface area contributed by atoms with Crippen LogP contribution in [0.4, 0.5) is 0 Å². The van der Waals surface area contributed by atoms with Gasteiger partial charge in [0, 0.05) is 77.0 Å². The van der Waals surface area contributed by atoms with Crippen molar-refractivity contribution in [1.29, 1.82) is 0 Å². The molecule has 0 unspecified atom stereocenters. The summed E-state index contributed by atoms with van der Waals surface area (Å²) in [5, 5.41) is 13.8. The number of hydrogen-bond acceptors (Lipinski definition) is 8. The first-order valence-electron chi connectivity index (χ1n) is 44.9. The van der Waals surface area contributed by atoms with Crippen LogP contribution < -0.4 is 23.7 Å². The van der Waals surface area contributed by atoms with Gasteiger partial charge in [-0.3, -0.25) is 9.97 Å². The standard InChI is InChI=1S/C99H97N3O5.3C6H6/c1-6-11-16-21-53-103-91-62-79-33-29-75-41-47-87(48-42-75)89-70-90(72-95(71-89)107-57-25-20-15-10-5)88-49-43-76(44-50-88)30-34-80-59-84(67-92(63-80)104-54-22-17-12-7-2)38-40-86-61-82(65-94(69-86)106-56-24-19-14-9-4)36-32-78-46-52-97(101-74-78)99-28-26-27-98(102-99)96-51-45-77(73-100-96)31-35-81-60-85(39-37-83(58-79)66-91)68-93(64-81)105-55-23-18-13-8-3;3*1-2-4-6-5-3-1/h26-28,41-52,58-74H,6-25,53-57H2,1-5H3;3*1-6H. The van der Waals surface area contributed by atoms with E-state index in [-0.39, 0.29) is 0 Å². The van der Waals surface area contributed by atoms with Gasteiger partial charge in [-0.05, 0) is 205 Å². The lowest BCUT2D eigenvalue weighted by Gasteiger charge is -2.08. The molecule has 20 rings (SSSR count). The molecule has 628 valence electrons. The molecule has 10 heterocycles. The second kappa shape index (κ2) is 53.7. The molecule has 0 saturated heterocycles. The number of rotatable bonds is 30. The quantitative estimate of drug-likeness (QED) is 0.0412. The van der Waals surface area contributed by atoms with Crippen LogP contribution in [-0.4, -0.2) is 48.0 Å². The molecule has 8 nitrogen and oxygen atoms in total. The Kier molecular flexibility index (Phi) is 39.4. The minimum atomic E-state index is 0.605. The van der Waals surface area contributed by atoms with Gasteiger partial charge in [-0.15, -0.1) is 0 Å². The SMILES string of the molecule is CCCCCCOc1cc2c#cc3ccc(cc3)c3cc(OCCCCCC)cc(c3)c3ccc(c#cc4cc(OCCCCCC)cc(c#cc5cc(OCCCCCC)cc(c#cc6ccc(nc6)c6cccc(n6)c6ccc(c#cc7cc(OCCCCCC)cc(c#cc(c1)c2)c7)cn6)c5)c4)cc3.c1ccccc1.c1ccccc1.c1ccccc1. The Balaban J connectivity index is 0.000000748. The molecule has 0 aliphatic heterocycles. The number of benzene rings is 10. The summed E-state index contributed by atoms with van der Waals surface area (Å²) >= 11 is 0. The maximum atomic E-state index is 6.53. The Morgan fingerprint density at radius 2 is 0.408 bits per heavy atom. The molecule has 0 amide bonds. The molecule has 10 aromatic heterocycles. The van der Waals surface area contributed by atoms with E-state index in [0.717, 1.165) is 205 Å². The van der Waals surface area contributed by atoms with Crippen molar-refractivity contribution in [1.82, 2.24) is 15.0 Å². The minimum absolute atomic E-state index is 0.605. The van der Waals surface area contributed by atoms with E-state index in [0.29, 0.717) is 55.1 Å². The van der Waals surface area contributed by atoms with Crippen molar-refractivity contribution in [2.24, 2.45) is 0 Å². The summed E-state index contributed by atoms with van der Waals surface area (Å²) in [5.74, 6) is 3.76. The fraction of sp³-hybridized carbons (Fsp3) is 0.256. The van der Waals surface area contributed by atoms with Crippen molar-refractivity contribution in [2.45, 2.75) is 163 Å². The van der Waals surface area contributed by atoms with E-state index in [1.165, 1.54) is 38.5 Å². The van der Waals surface area contributed by atoms with Crippen molar-refractivity contribution >= 4 is 108 Å². The Labute approximate surface area is 743 Å². The highest BCUT2D eigenvalue weighted by atomic mass is 16.5. The third kappa shape index (κ3) is 33.7. The monoisotopic (exact) mass is 1640 g/mol. The Bertz CT molecular complexity index is 5570. The lowest BCUT2D eigenvalue weighted by molar-refractivity contribution is 0.305. The molecular formula is C117H115N3O5. The number of aromatic nitrogens is 3. The maximum Gasteiger partial charge on any atom is 0.121 e. The average molecular weight is 1640 g/mol. The summed E-state index contributed by atoms with van der Waals surface area (Å²) in [6.45, 7) is 14.2. The van der Waals surface area contributed by atoms with Gasteiger partial charge in [-0.25, -0.2) is 4.98 Å². The predicted molar refractivity (Wildman–Crippen MR) is 523 cm³/mol. The van der Waals surface area contributed by atoms with E-state index in [1.54, 1.807) is 12.4 Å². The first-order chi connectivity index (χ1) is 61.7. The number of pyridine rings is 3. The van der Waals surface area contributed by atoms with E-state index in [1.807, 2.05) is 224 Å². The molecule has 10 aromatic carbocycles. The van der Waals surface area contributed by atoms with Crippen LogP contribution in [0.1, 0.15) is 163 Å². The van der Waals surface area contributed by atoms with Crippen LogP contribution in [0, 0.1) is 72.8 Å². The van der Waals surface area contributed by atoms with Crippen LogP contribution in [0.2, 0.25) is 0 Å². The highest BCUT2D eigenvalue weighted by molar-refractivity contribution is 5.94. The van der Waals surface area contributed by atoms with E-state index < -0.39 is 0 Å². The van der Waals surface area contributed by atoms with Crippen molar-refractivity contribution < 1.29 is 23.7 Å². The maximum absolute atomic E-state index is 6.53. The normalized spacial score (nSPS) is 10.2. The van der Waals surface area contributed by atoms with Gasteiger partial charge in [0.15, 0.2) is 0 Å². The average Bonchev–Trinajstić information content (AvgIpc) is 0.809. The molecule has 125 heavy (non-hydrogen) atoms. The summed E-state index contributed by atoms with van der Waals surface area (Å²) < 4.78 is 32.2. The summed E-state index contributed by atoms with van der Waals surface area (Å²) in [6, 6.07) is 139. The molecule has 0 aliphatic carbocycles. The zero-order valence-electron chi connectivity index (χ0n) is 73.4. The van der Waals surface area contributed by atoms with E-state index in [2.05, 4.69) is 174 Å². The Hall–Kier alpha value is -14.0. The van der Waals surface area contributed by atoms with Gasteiger partial charge < -0.3 is 23.7 Å². The number of unbranched alkanes of at least 4 members (excludes halogenated alkanes) is 15. The van der Waals surface area contributed by atoms with Crippen LogP contribution in [0.5, 0.6) is 28.7 Å². The van der Waals surface area contributed by atoms with Crippen molar-refractivity contribution in [2.75, 3.05) is 33.0 Å². The molecule has 0 N–H and O–H groups in total. The fourth-order valence-electron chi connectivity index (χ4n) is 13.4. The van der Waals surface area contributed by atoms with Crippen molar-refractivity contribution in [3.8, 4) is 28.7 Å². The van der Waals surface area contributed by atoms with Gasteiger partial charge >= 0.3 is 0 Å². The van der Waals surface area contributed by atoms with Crippen molar-refractivity contribution in [3.05, 3.63) is 376 Å². The molecule has 0 spiro atoms. The summed E-state index contributed by atoms with van der Waals surface area (Å²) in [4.78, 5) is 14.7. The van der Waals surface area contributed by atoms with Gasteiger partial charge in [0.1, 0.15) is 28.7 Å². The summed E-state index contributed by atoms with van der Waals surface area (Å²) in [7, 11) is 0. The van der Waals surface area contributed by atoms with Gasteiger partial charge in [-0.1, -0.05) is 343 Å². The Morgan fingerprint density at radius 3 is 0.640 bits per heavy atom. The molecule has 0 radical (unpaired) electrons. The molecule has 20 aromatic rings.